The first-order valence-corrected chi connectivity index (χ1v) is 5.63. The third-order valence-corrected chi connectivity index (χ3v) is 2.35. The first-order valence-electron chi connectivity index (χ1n) is 5.63. The highest BCUT2D eigenvalue weighted by molar-refractivity contribution is 4.88. The number of aliphatic hydroxyl groups is 2. The van der Waals surface area contributed by atoms with Gasteiger partial charge in [-0.05, 0) is 13.1 Å². The van der Waals surface area contributed by atoms with Crippen LogP contribution in [-0.4, -0.2) is 61.7 Å². The van der Waals surface area contributed by atoms with Gasteiger partial charge in [-0.1, -0.05) is 13.8 Å². The molecule has 0 aromatic heterocycles. The Hall–Kier alpha value is -0.200. The smallest absolute Gasteiger partial charge is 0.0773 e. The molecule has 0 amide bonds. The minimum Gasteiger partial charge on any atom is -0.394 e. The average molecular weight is 219 g/mol. The van der Waals surface area contributed by atoms with E-state index in [1.54, 1.807) is 0 Å². The molecule has 15 heavy (non-hydrogen) atoms. The number of nitrogens with one attached hydrogen (secondary N) is 3. The lowest BCUT2D eigenvalue weighted by atomic mass is 10.0. The molecule has 0 bridgehead atoms. The molecule has 92 valence electrons. The van der Waals surface area contributed by atoms with Gasteiger partial charge in [-0.15, -0.1) is 0 Å². The molecule has 0 heterocycles. The maximum Gasteiger partial charge on any atom is 0.0773 e. The minimum atomic E-state index is -0.596. The molecule has 0 saturated carbocycles. The van der Waals surface area contributed by atoms with E-state index in [1.165, 1.54) is 0 Å². The van der Waals surface area contributed by atoms with Crippen molar-refractivity contribution in [3.05, 3.63) is 0 Å². The van der Waals surface area contributed by atoms with E-state index in [0.717, 1.165) is 26.2 Å². The second kappa shape index (κ2) is 9.06. The van der Waals surface area contributed by atoms with Crippen molar-refractivity contribution in [3.63, 3.8) is 0 Å². The van der Waals surface area contributed by atoms with Gasteiger partial charge in [0.1, 0.15) is 0 Å². The molecule has 0 unspecified atom stereocenters. The number of hydrogen-bond donors (Lipinski definition) is 5. The summed E-state index contributed by atoms with van der Waals surface area (Å²) in [5.41, 5.74) is -0.596. The van der Waals surface area contributed by atoms with Gasteiger partial charge in [0.15, 0.2) is 0 Å². The molecule has 5 nitrogen and oxygen atoms in total. The van der Waals surface area contributed by atoms with Gasteiger partial charge in [0, 0.05) is 19.6 Å². The van der Waals surface area contributed by atoms with Gasteiger partial charge in [-0.2, -0.15) is 0 Å². The Kier molecular flexibility index (Phi) is 8.94. The van der Waals surface area contributed by atoms with Crippen LogP contribution in [0, 0.1) is 0 Å². The van der Waals surface area contributed by atoms with Gasteiger partial charge in [-0.25, -0.2) is 0 Å². The quantitative estimate of drug-likeness (QED) is 0.290. The maximum atomic E-state index is 9.23. The molecule has 5 heteroatoms. The molecule has 0 aromatic carbocycles. The van der Waals surface area contributed by atoms with Crippen molar-refractivity contribution in [2.75, 3.05) is 45.9 Å². The van der Waals surface area contributed by atoms with E-state index in [-0.39, 0.29) is 13.2 Å². The van der Waals surface area contributed by atoms with Gasteiger partial charge in [-0.3, -0.25) is 0 Å². The van der Waals surface area contributed by atoms with Crippen molar-refractivity contribution in [1.82, 2.24) is 16.0 Å². The first kappa shape index (κ1) is 14.8. The van der Waals surface area contributed by atoms with Crippen LogP contribution in [0.15, 0.2) is 0 Å². The van der Waals surface area contributed by atoms with Crippen LogP contribution in [0.2, 0.25) is 0 Å². The molecule has 0 radical (unpaired) electrons. The third kappa shape index (κ3) is 6.06. The van der Waals surface area contributed by atoms with Crippen molar-refractivity contribution < 1.29 is 10.2 Å². The predicted molar refractivity (Wildman–Crippen MR) is 62.0 cm³/mol. The van der Waals surface area contributed by atoms with E-state index in [4.69, 9.17) is 0 Å². The largest absolute Gasteiger partial charge is 0.394 e. The molecule has 0 aliphatic carbocycles. The highest BCUT2D eigenvalue weighted by Crippen LogP contribution is 2.00. The molecule has 0 spiro atoms. The summed E-state index contributed by atoms with van der Waals surface area (Å²) in [6.07, 6.45) is 0. The molecule has 0 rings (SSSR count). The van der Waals surface area contributed by atoms with E-state index >= 15 is 0 Å². The van der Waals surface area contributed by atoms with Gasteiger partial charge in [0.2, 0.25) is 0 Å². The minimum absolute atomic E-state index is 0.0639. The maximum absolute atomic E-state index is 9.23. The lowest BCUT2D eigenvalue weighted by Crippen LogP contribution is -2.58. The Morgan fingerprint density at radius 2 is 1.53 bits per heavy atom. The topological polar surface area (TPSA) is 76.5 Å². The Morgan fingerprint density at radius 3 is 2.00 bits per heavy atom. The van der Waals surface area contributed by atoms with Crippen LogP contribution in [-0.2, 0) is 0 Å². The second-order valence-corrected chi connectivity index (χ2v) is 3.66. The molecule has 0 fully saturated rings. The van der Waals surface area contributed by atoms with E-state index in [0.29, 0.717) is 6.54 Å². The fourth-order valence-electron chi connectivity index (χ4n) is 1.39. The summed E-state index contributed by atoms with van der Waals surface area (Å²) < 4.78 is 0. The summed E-state index contributed by atoms with van der Waals surface area (Å²) in [6, 6.07) is 0. The summed E-state index contributed by atoms with van der Waals surface area (Å²) in [5.74, 6) is 0. The van der Waals surface area contributed by atoms with Crippen LogP contribution >= 0.6 is 0 Å². The SMILES string of the molecule is CCNCCNCC(CO)(CO)NCC. The molecule has 0 aliphatic heterocycles. The van der Waals surface area contributed by atoms with Gasteiger partial charge in [0.25, 0.3) is 0 Å². The summed E-state index contributed by atoms with van der Waals surface area (Å²) in [5, 5.41) is 28.0. The summed E-state index contributed by atoms with van der Waals surface area (Å²) in [4.78, 5) is 0. The van der Waals surface area contributed by atoms with Crippen molar-refractivity contribution in [3.8, 4) is 0 Å². The second-order valence-electron chi connectivity index (χ2n) is 3.66. The molecule has 5 N–H and O–H groups in total. The molecule has 0 aliphatic rings. The van der Waals surface area contributed by atoms with Crippen LogP contribution in [0.5, 0.6) is 0 Å². The predicted octanol–water partition coefficient (Wildman–Crippen LogP) is -1.48. The van der Waals surface area contributed by atoms with Gasteiger partial charge >= 0.3 is 0 Å². The fraction of sp³-hybridized carbons (Fsp3) is 1.00. The van der Waals surface area contributed by atoms with E-state index in [9.17, 15) is 10.2 Å². The van der Waals surface area contributed by atoms with Gasteiger partial charge in [0.05, 0.1) is 18.8 Å². The lowest BCUT2D eigenvalue weighted by Gasteiger charge is -2.31. The molecule has 0 aromatic rings. The van der Waals surface area contributed by atoms with Crippen LogP contribution in [0.25, 0.3) is 0 Å². The molecular weight excluding hydrogens is 194 g/mol. The third-order valence-electron chi connectivity index (χ3n) is 2.35. The highest BCUT2D eigenvalue weighted by atomic mass is 16.3. The molecular formula is C10H25N3O2. The van der Waals surface area contributed by atoms with Crippen molar-refractivity contribution in [2.45, 2.75) is 19.4 Å². The number of rotatable bonds is 10. The van der Waals surface area contributed by atoms with Crippen molar-refractivity contribution in [1.29, 1.82) is 0 Å². The van der Waals surface area contributed by atoms with Crippen LogP contribution < -0.4 is 16.0 Å². The Bertz CT molecular complexity index is 141. The Morgan fingerprint density at radius 1 is 0.933 bits per heavy atom. The zero-order valence-electron chi connectivity index (χ0n) is 9.84. The average Bonchev–Trinajstić information content (AvgIpc) is 2.27. The lowest BCUT2D eigenvalue weighted by molar-refractivity contribution is 0.0917. The molecule has 0 saturated heterocycles. The van der Waals surface area contributed by atoms with Crippen LogP contribution in [0.4, 0.5) is 0 Å². The van der Waals surface area contributed by atoms with Crippen molar-refractivity contribution in [2.24, 2.45) is 0 Å². The summed E-state index contributed by atoms with van der Waals surface area (Å²) in [6.45, 7) is 7.88. The van der Waals surface area contributed by atoms with Gasteiger partial charge < -0.3 is 26.2 Å². The van der Waals surface area contributed by atoms with Crippen molar-refractivity contribution >= 4 is 0 Å². The summed E-state index contributed by atoms with van der Waals surface area (Å²) >= 11 is 0. The number of aliphatic hydroxyl groups excluding tert-OH is 2. The van der Waals surface area contributed by atoms with Crippen LogP contribution in [0.1, 0.15) is 13.8 Å². The zero-order valence-corrected chi connectivity index (χ0v) is 9.84. The highest BCUT2D eigenvalue weighted by Gasteiger charge is 2.26. The fourth-order valence-corrected chi connectivity index (χ4v) is 1.39. The van der Waals surface area contributed by atoms with Crippen LogP contribution in [0.3, 0.4) is 0 Å². The van der Waals surface area contributed by atoms with E-state index in [2.05, 4.69) is 22.9 Å². The monoisotopic (exact) mass is 219 g/mol. The Labute approximate surface area is 92.3 Å². The number of hydrogen-bond acceptors (Lipinski definition) is 5. The molecule has 0 atom stereocenters. The van der Waals surface area contributed by atoms with E-state index in [1.807, 2.05) is 6.92 Å². The normalized spacial score (nSPS) is 12.0. The van der Waals surface area contributed by atoms with E-state index < -0.39 is 5.54 Å². The first-order chi connectivity index (χ1) is 7.24. The number of likely N-dealkylation sites (N-methyl/N-ethyl adjacent to an activating group) is 2. The Balaban J connectivity index is 3.74. The summed E-state index contributed by atoms with van der Waals surface area (Å²) in [7, 11) is 0. The zero-order chi connectivity index (χ0) is 11.6. The standard InChI is InChI=1S/C10H25N3O2/c1-3-11-5-6-12-7-10(8-14,9-15)13-4-2/h11-15H,3-9H2,1-2H3.